The first-order valence-corrected chi connectivity index (χ1v) is 8.76. The Morgan fingerprint density at radius 2 is 1.68 bits per heavy atom. The number of rotatable bonds is 6. The maximum Gasteiger partial charge on any atom is 0.126 e. The van der Waals surface area contributed by atoms with E-state index in [0.29, 0.717) is 6.04 Å². The van der Waals surface area contributed by atoms with Crippen molar-refractivity contribution in [3.05, 3.63) is 88.9 Å². The summed E-state index contributed by atoms with van der Waals surface area (Å²) in [7, 11) is 1.70. The first-order valence-electron chi connectivity index (χ1n) is 8.38. The van der Waals surface area contributed by atoms with Crippen LogP contribution in [-0.4, -0.2) is 7.11 Å². The number of methoxy groups -OCH3 is 1. The van der Waals surface area contributed by atoms with Gasteiger partial charge >= 0.3 is 0 Å². The van der Waals surface area contributed by atoms with E-state index in [0.717, 1.165) is 28.4 Å². The van der Waals surface area contributed by atoms with Gasteiger partial charge in [-0.1, -0.05) is 60.1 Å². The molecule has 3 aromatic rings. The Morgan fingerprint density at radius 1 is 0.960 bits per heavy atom. The standard InChI is InChI=1S/C22H22ClNO/c1-16(18-6-4-3-5-7-18)24-15-17-8-13-22(25-2)21(14-17)19-9-11-20(23)12-10-19/h3-14,16,24H,15H2,1-2H3. The zero-order valence-corrected chi connectivity index (χ0v) is 15.3. The molecule has 1 atom stereocenters. The Balaban J connectivity index is 1.78. The highest BCUT2D eigenvalue weighted by Gasteiger charge is 2.09. The van der Waals surface area contributed by atoms with E-state index in [-0.39, 0.29) is 0 Å². The van der Waals surface area contributed by atoms with Crippen molar-refractivity contribution < 1.29 is 4.74 Å². The summed E-state index contributed by atoms with van der Waals surface area (Å²) in [6.07, 6.45) is 0. The van der Waals surface area contributed by atoms with Crippen LogP contribution in [0, 0.1) is 0 Å². The summed E-state index contributed by atoms with van der Waals surface area (Å²) in [6.45, 7) is 2.97. The number of ether oxygens (including phenoxy) is 1. The SMILES string of the molecule is COc1ccc(CNC(C)c2ccccc2)cc1-c1ccc(Cl)cc1. The van der Waals surface area contributed by atoms with E-state index in [2.05, 4.69) is 48.6 Å². The summed E-state index contributed by atoms with van der Waals surface area (Å²) in [5, 5.41) is 4.31. The molecule has 0 aliphatic carbocycles. The molecule has 0 aliphatic heterocycles. The Morgan fingerprint density at radius 3 is 2.36 bits per heavy atom. The first-order chi connectivity index (χ1) is 12.2. The van der Waals surface area contributed by atoms with Crippen molar-refractivity contribution in [1.29, 1.82) is 0 Å². The molecule has 1 N–H and O–H groups in total. The normalized spacial score (nSPS) is 12.0. The molecular weight excluding hydrogens is 330 g/mol. The van der Waals surface area contributed by atoms with Crippen molar-refractivity contribution in [2.24, 2.45) is 0 Å². The van der Waals surface area contributed by atoms with E-state index < -0.39 is 0 Å². The fraction of sp³-hybridized carbons (Fsp3) is 0.182. The number of hydrogen-bond donors (Lipinski definition) is 1. The third kappa shape index (κ3) is 4.41. The van der Waals surface area contributed by atoms with Gasteiger partial charge in [0.05, 0.1) is 7.11 Å². The number of halogens is 1. The van der Waals surface area contributed by atoms with Gasteiger partial charge in [0.15, 0.2) is 0 Å². The fourth-order valence-electron chi connectivity index (χ4n) is 2.85. The van der Waals surface area contributed by atoms with E-state index >= 15 is 0 Å². The van der Waals surface area contributed by atoms with Crippen molar-refractivity contribution in [2.75, 3.05) is 7.11 Å². The molecule has 128 valence electrons. The van der Waals surface area contributed by atoms with Crippen molar-refractivity contribution in [2.45, 2.75) is 19.5 Å². The third-order valence-electron chi connectivity index (χ3n) is 4.33. The van der Waals surface area contributed by atoms with E-state index in [1.165, 1.54) is 11.1 Å². The van der Waals surface area contributed by atoms with Crippen LogP contribution in [-0.2, 0) is 6.54 Å². The Labute approximate surface area is 154 Å². The lowest BCUT2D eigenvalue weighted by molar-refractivity contribution is 0.416. The van der Waals surface area contributed by atoms with Gasteiger partial charge in [-0.2, -0.15) is 0 Å². The van der Waals surface area contributed by atoms with Crippen molar-refractivity contribution in [1.82, 2.24) is 5.32 Å². The minimum absolute atomic E-state index is 0.294. The monoisotopic (exact) mass is 351 g/mol. The molecule has 1 unspecified atom stereocenters. The van der Waals surface area contributed by atoms with Crippen LogP contribution in [0.25, 0.3) is 11.1 Å². The topological polar surface area (TPSA) is 21.3 Å². The molecule has 0 aromatic heterocycles. The molecule has 3 aromatic carbocycles. The van der Waals surface area contributed by atoms with Crippen LogP contribution in [0.5, 0.6) is 5.75 Å². The molecule has 0 amide bonds. The van der Waals surface area contributed by atoms with Gasteiger partial charge in [0, 0.05) is 23.2 Å². The lowest BCUT2D eigenvalue weighted by Gasteiger charge is -2.16. The molecule has 3 heteroatoms. The van der Waals surface area contributed by atoms with Gasteiger partial charge in [-0.15, -0.1) is 0 Å². The quantitative estimate of drug-likeness (QED) is 0.600. The van der Waals surface area contributed by atoms with E-state index in [9.17, 15) is 0 Å². The second-order valence-corrected chi connectivity index (χ2v) is 6.49. The van der Waals surface area contributed by atoms with Crippen LogP contribution >= 0.6 is 11.6 Å². The van der Waals surface area contributed by atoms with Crippen molar-refractivity contribution >= 4 is 11.6 Å². The Hall–Kier alpha value is -2.29. The molecule has 3 rings (SSSR count). The average molecular weight is 352 g/mol. The predicted octanol–water partition coefficient (Wildman–Crippen LogP) is 5.87. The Bertz CT molecular complexity index is 815. The zero-order valence-electron chi connectivity index (χ0n) is 14.5. The van der Waals surface area contributed by atoms with Gasteiger partial charge in [-0.25, -0.2) is 0 Å². The predicted molar refractivity (Wildman–Crippen MR) is 105 cm³/mol. The van der Waals surface area contributed by atoms with Crippen LogP contribution in [0.4, 0.5) is 0 Å². The summed E-state index contributed by atoms with van der Waals surface area (Å²) in [5.74, 6) is 0.863. The maximum atomic E-state index is 6.01. The van der Waals surface area contributed by atoms with Crippen LogP contribution in [0.15, 0.2) is 72.8 Å². The highest BCUT2D eigenvalue weighted by atomic mass is 35.5. The molecule has 0 saturated heterocycles. The maximum absolute atomic E-state index is 6.01. The number of nitrogens with one attached hydrogen (secondary N) is 1. The molecule has 0 spiro atoms. The molecule has 0 bridgehead atoms. The molecule has 0 fully saturated rings. The van der Waals surface area contributed by atoms with Crippen LogP contribution in [0.1, 0.15) is 24.1 Å². The van der Waals surface area contributed by atoms with E-state index in [4.69, 9.17) is 16.3 Å². The van der Waals surface area contributed by atoms with Crippen LogP contribution < -0.4 is 10.1 Å². The highest BCUT2D eigenvalue weighted by molar-refractivity contribution is 6.30. The highest BCUT2D eigenvalue weighted by Crippen LogP contribution is 2.31. The second-order valence-electron chi connectivity index (χ2n) is 6.05. The molecule has 2 nitrogen and oxygen atoms in total. The lowest BCUT2D eigenvalue weighted by atomic mass is 10.0. The second kappa shape index (κ2) is 8.19. The zero-order chi connectivity index (χ0) is 17.6. The van der Waals surface area contributed by atoms with Gasteiger partial charge in [-0.05, 0) is 47.9 Å². The van der Waals surface area contributed by atoms with E-state index in [1.54, 1.807) is 7.11 Å². The largest absolute Gasteiger partial charge is 0.496 e. The minimum Gasteiger partial charge on any atom is -0.496 e. The molecule has 25 heavy (non-hydrogen) atoms. The van der Waals surface area contributed by atoms with Crippen LogP contribution in [0.3, 0.4) is 0 Å². The molecule has 0 radical (unpaired) electrons. The Kier molecular flexibility index (Phi) is 5.75. The molecule has 0 aliphatic rings. The fourth-order valence-corrected chi connectivity index (χ4v) is 2.98. The van der Waals surface area contributed by atoms with Gasteiger partial charge in [-0.3, -0.25) is 0 Å². The summed E-state index contributed by atoms with van der Waals surface area (Å²) in [5.41, 5.74) is 4.67. The number of hydrogen-bond acceptors (Lipinski definition) is 2. The van der Waals surface area contributed by atoms with E-state index in [1.807, 2.05) is 36.4 Å². The summed E-state index contributed by atoms with van der Waals surface area (Å²) in [4.78, 5) is 0. The minimum atomic E-state index is 0.294. The first kappa shape index (κ1) is 17.5. The van der Waals surface area contributed by atoms with Gasteiger partial charge < -0.3 is 10.1 Å². The third-order valence-corrected chi connectivity index (χ3v) is 4.58. The summed E-state index contributed by atoms with van der Waals surface area (Å²) in [6, 6.07) is 24.9. The van der Waals surface area contributed by atoms with Crippen LogP contribution in [0.2, 0.25) is 5.02 Å². The van der Waals surface area contributed by atoms with Crippen molar-refractivity contribution in [3.8, 4) is 16.9 Å². The summed E-state index contributed by atoms with van der Waals surface area (Å²) < 4.78 is 5.53. The lowest BCUT2D eigenvalue weighted by Crippen LogP contribution is -2.18. The molecule has 0 saturated carbocycles. The average Bonchev–Trinajstić information content (AvgIpc) is 2.67. The smallest absolute Gasteiger partial charge is 0.126 e. The van der Waals surface area contributed by atoms with Gasteiger partial charge in [0.25, 0.3) is 0 Å². The van der Waals surface area contributed by atoms with Crippen molar-refractivity contribution in [3.63, 3.8) is 0 Å². The number of benzene rings is 3. The molecule has 0 heterocycles. The van der Waals surface area contributed by atoms with Gasteiger partial charge in [0.2, 0.25) is 0 Å². The summed E-state index contributed by atoms with van der Waals surface area (Å²) >= 11 is 6.01. The van der Waals surface area contributed by atoms with Gasteiger partial charge in [0.1, 0.15) is 5.75 Å². The molecular formula is C22H22ClNO.